The molecule has 2 nitrogen and oxygen atoms in total. The lowest BCUT2D eigenvalue weighted by Gasteiger charge is -2.23. The van der Waals surface area contributed by atoms with Crippen LogP contribution in [0.3, 0.4) is 0 Å². The van der Waals surface area contributed by atoms with E-state index in [1.54, 1.807) is 6.92 Å². The monoisotopic (exact) mass is 193 g/mol. The first kappa shape index (κ1) is 11.0. The van der Waals surface area contributed by atoms with Gasteiger partial charge < -0.3 is 5.32 Å². The molecule has 0 radical (unpaired) electrons. The van der Waals surface area contributed by atoms with Gasteiger partial charge in [0, 0.05) is 6.92 Å². The minimum Gasteiger partial charge on any atom is -0.350 e. The second-order valence-corrected chi connectivity index (χ2v) is 3.97. The van der Waals surface area contributed by atoms with Gasteiger partial charge in [0.25, 0.3) is 0 Å². The van der Waals surface area contributed by atoms with Crippen molar-refractivity contribution >= 4 is 5.91 Å². The number of nitrogens with one attached hydrogen (secondary N) is 1. The number of hydrogen-bond acceptors (Lipinski definition) is 1. The maximum atomic E-state index is 11.0. The highest BCUT2D eigenvalue weighted by Crippen LogP contribution is 2.22. The molecule has 0 heterocycles. The predicted molar refractivity (Wildman–Crippen MR) is 58.9 cm³/mol. The fourth-order valence-corrected chi connectivity index (χ4v) is 1.84. The standard InChI is InChI=1S/C12H19NO/c1-4-12(13-10(3)14)11-7-5-6-9(2)8-11/h5-7,9,12H,4,8H2,1-3H3,(H,13,14). The van der Waals surface area contributed by atoms with Gasteiger partial charge in [0.15, 0.2) is 0 Å². The first-order valence-electron chi connectivity index (χ1n) is 5.27. The molecule has 0 spiro atoms. The van der Waals surface area contributed by atoms with Crippen molar-refractivity contribution in [1.82, 2.24) is 5.32 Å². The van der Waals surface area contributed by atoms with E-state index in [2.05, 4.69) is 37.4 Å². The van der Waals surface area contributed by atoms with Crippen molar-refractivity contribution in [2.45, 2.75) is 39.7 Å². The first-order valence-corrected chi connectivity index (χ1v) is 5.27. The van der Waals surface area contributed by atoms with Crippen LogP contribution in [0, 0.1) is 5.92 Å². The molecule has 0 aromatic rings. The number of allylic oxidation sites excluding steroid dienone is 3. The van der Waals surface area contributed by atoms with Crippen LogP contribution in [0.15, 0.2) is 23.8 Å². The van der Waals surface area contributed by atoms with Gasteiger partial charge in [0.1, 0.15) is 0 Å². The molecule has 1 rings (SSSR count). The zero-order valence-electron chi connectivity index (χ0n) is 9.21. The summed E-state index contributed by atoms with van der Waals surface area (Å²) in [7, 11) is 0. The van der Waals surface area contributed by atoms with Crippen molar-refractivity contribution in [1.29, 1.82) is 0 Å². The summed E-state index contributed by atoms with van der Waals surface area (Å²) in [5, 5.41) is 2.98. The molecule has 0 saturated heterocycles. The third kappa shape index (κ3) is 3.02. The zero-order valence-corrected chi connectivity index (χ0v) is 9.21. The molecule has 14 heavy (non-hydrogen) atoms. The SMILES string of the molecule is CCC(NC(C)=O)C1=CC=CC(C)C1. The Kier molecular flexibility index (Phi) is 3.93. The van der Waals surface area contributed by atoms with E-state index in [0.29, 0.717) is 5.92 Å². The van der Waals surface area contributed by atoms with Crippen LogP contribution in [0.25, 0.3) is 0 Å². The predicted octanol–water partition coefficient (Wildman–Crippen LogP) is 2.42. The van der Waals surface area contributed by atoms with Gasteiger partial charge in [-0.25, -0.2) is 0 Å². The molecule has 2 atom stereocenters. The van der Waals surface area contributed by atoms with Gasteiger partial charge in [0.05, 0.1) is 6.04 Å². The largest absolute Gasteiger partial charge is 0.350 e. The molecule has 1 amide bonds. The molecule has 0 saturated carbocycles. The maximum Gasteiger partial charge on any atom is 0.217 e. The van der Waals surface area contributed by atoms with Gasteiger partial charge in [-0.1, -0.05) is 32.1 Å². The Labute approximate surface area is 86.1 Å². The smallest absolute Gasteiger partial charge is 0.217 e. The minimum absolute atomic E-state index is 0.0555. The van der Waals surface area contributed by atoms with E-state index >= 15 is 0 Å². The van der Waals surface area contributed by atoms with Crippen molar-refractivity contribution < 1.29 is 4.79 Å². The average molecular weight is 193 g/mol. The van der Waals surface area contributed by atoms with Gasteiger partial charge in [0.2, 0.25) is 5.91 Å². The van der Waals surface area contributed by atoms with E-state index in [1.165, 1.54) is 5.57 Å². The van der Waals surface area contributed by atoms with Gasteiger partial charge in [-0.3, -0.25) is 4.79 Å². The van der Waals surface area contributed by atoms with E-state index in [1.807, 2.05) is 0 Å². The molecule has 1 aliphatic carbocycles. The minimum atomic E-state index is 0.0555. The molecule has 1 N–H and O–H groups in total. The highest BCUT2D eigenvalue weighted by Gasteiger charge is 2.16. The third-order valence-corrected chi connectivity index (χ3v) is 2.54. The van der Waals surface area contributed by atoms with Crippen LogP contribution in [0.2, 0.25) is 0 Å². The summed E-state index contributed by atoms with van der Waals surface area (Å²) in [6.45, 7) is 5.87. The molecular formula is C12H19NO. The van der Waals surface area contributed by atoms with Crippen molar-refractivity contribution in [3.05, 3.63) is 23.8 Å². The first-order chi connectivity index (χ1) is 6.63. The Morgan fingerprint density at radius 2 is 2.43 bits per heavy atom. The molecule has 2 heteroatoms. The second-order valence-electron chi connectivity index (χ2n) is 3.97. The summed E-state index contributed by atoms with van der Waals surface area (Å²) in [6.07, 6.45) is 8.45. The Bertz CT molecular complexity index is 265. The van der Waals surface area contributed by atoms with Gasteiger partial charge in [-0.15, -0.1) is 0 Å². The van der Waals surface area contributed by atoms with Crippen molar-refractivity contribution in [3.63, 3.8) is 0 Å². The van der Waals surface area contributed by atoms with E-state index in [0.717, 1.165) is 12.8 Å². The topological polar surface area (TPSA) is 29.1 Å². The molecule has 0 aliphatic heterocycles. The van der Waals surface area contributed by atoms with Gasteiger partial charge in [-0.05, 0) is 24.3 Å². The van der Waals surface area contributed by atoms with Crippen LogP contribution in [0.4, 0.5) is 0 Å². The third-order valence-electron chi connectivity index (χ3n) is 2.54. The number of carbonyl (C=O) groups excluding carboxylic acids is 1. The highest BCUT2D eigenvalue weighted by atomic mass is 16.1. The Hall–Kier alpha value is -1.05. The normalized spacial score (nSPS) is 22.8. The summed E-state index contributed by atoms with van der Waals surface area (Å²) in [6, 6.07) is 0.222. The lowest BCUT2D eigenvalue weighted by Crippen LogP contribution is -2.34. The molecule has 1 aliphatic rings. The summed E-state index contributed by atoms with van der Waals surface area (Å²) in [5.74, 6) is 0.651. The number of carbonyl (C=O) groups is 1. The van der Waals surface area contributed by atoms with E-state index < -0.39 is 0 Å². The van der Waals surface area contributed by atoms with Crippen LogP contribution < -0.4 is 5.32 Å². The fraction of sp³-hybridized carbons (Fsp3) is 0.583. The molecule has 2 unspecified atom stereocenters. The van der Waals surface area contributed by atoms with Crippen molar-refractivity contribution in [3.8, 4) is 0 Å². The molecule has 0 bridgehead atoms. The van der Waals surface area contributed by atoms with Crippen LogP contribution in [-0.2, 0) is 4.79 Å². The van der Waals surface area contributed by atoms with Crippen LogP contribution in [-0.4, -0.2) is 11.9 Å². The van der Waals surface area contributed by atoms with Gasteiger partial charge >= 0.3 is 0 Å². The molecule has 0 fully saturated rings. The highest BCUT2D eigenvalue weighted by molar-refractivity contribution is 5.73. The van der Waals surface area contributed by atoms with Gasteiger partial charge in [-0.2, -0.15) is 0 Å². The summed E-state index contributed by atoms with van der Waals surface area (Å²) >= 11 is 0. The molecule has 0 aromatic carbocycles. The van der Waals surface area contributed by atoms with Crippen LogP contribution in [0.1, 0.15) is 33.6 Å². The molecular weight excluding hydrogens is 174 g/mol. The lowest BCUT2D eigenvalue weighted by atomic mass is 9.90. The Morgan fingerprint density at radius 3 is 2.93 bits per heavy atom. The van der Waals surface area contributed by atoms with E-state index in [-0.39, 0.29) is 11.9 Å². The van der Waals surface area contributed by atoms with E-state index in [4.69, 9.17) is 0 Å². The summed E-state index contributed by atoms with van der Waals surface area (Å²) in [5.41, 5.74) is 1.35. The second kappa shape index (κ2) is 4.99. The fourth-order valence-electron chi connectivity index (χ4n) is 1.84. The average Bonchev–Trinajstić information content (AvgIpc) is 2.14. The van der Waals surface area contributed by atoms with Crippen molar-refractivity contribution in [2.75, 3.05) is 0 Å². The quantitative estimate of drug-likeness (QED) is 0.732. The summed E-state index contributed by atoms with van der Waals surface area (Å²) in [4.78, 5) is 11.0. The van der Waals surface area contributed by atoms with Crippen molar-refractivity contribution in [2.24, 2.45) is 5.92 Å². The Balaban J connectivity index is 2.64. The number of hydrogen-bond donors (Lipinski definition) is 1. The molecule has 78 valence electrons. The maximum absolute atomic E-state index is 11.0. The Morgan fingerprint density at radius 1 is 1.71 bits per heavy atom. The van der Waals surface area contributed by atoms with Crippen LogP contribution >= 0.6 is 0 Å². The number of rotatable bonds is 3. The van der Waals surface area contributed by atoms with Crippen LogP contribution in [0.5, 0.6) is 0 Å². The summed E-state index contributed by atoms with van der Waals surface area (Å²) < 4.78 is 0. The van der Waals surface area contributed by atoms with E-state index in [9.17, 15) is 4.79 Å². The zero-order chi connectivity index (χ0) is 10.6. The molecule has 0 aromatic heterocycles. The lowest BCUT2D eigenvalue weighted by molar-refractivity contribution is -0.119. The number of amides is 1.